The number of ether oxygens (including phenoxy) is 1. The molecule has 0 aromatic carbocycles. The molecular weight excluding hydrogens is 244 g/mol. The van der Waals surface area contributed by atoms with E-state index in [2.05, 4.69) is 4.99 Å². The zero-order chi connectivity index (χ0) is 11.5. The van der Waals surface area contributed by atoms with Gasteiger partial charge in [0, 0.05) is 6.54 Å². The normalized spacial score (nSPS) is 15.1. The number of hydrogen-bond acceptors (Lipinski definition) is 5. The maximum Gasteiger partial charge on any atom is 0.273 e. The van der Waals surface area contributed by atoms with E-state index in [0.29, 0.717) is 23.7 Å². The van der Waals surface area contributed by atoms with Gasteiger partial charge in [-0.3, -0.25) is 14.7 Å². The summed E-state index contributed by atoms with van der Waals surface area (Å²) >= 11 is 2.90. The minimum atomic E-state index is -0.0162. The number of amides is 1. The van der Waals surface area contributed by atoms with Gasteiger partial charge >= 0.3 is 0 Å². The lowest BCUT2D eigenvalue weighted by molar-refractivity contribution is 0.0862. The minimum Gasteiger partial charge on any atom is -0.495 e. The van der Waals surface area contributed by atoms with Gasteiger partial charge < -0.3 is 4.74 Å². The van der Waals surface area contributed by atoms with Crippen LogP contribution in [-0.2, 0) is 0 Å². The van der Waals surface area contributed by atoms with Crippen LogP contribution < -0.4 is 4.74 Å². The SMILES string of the molecule is COc1ccsc1C(=O)N1CCN=C1SC. The second kappa shape index (κ2) is 4.88. The molecule has 0 aliphatic carbocycles. The van der Waals surface area contributed by atoms with Crippen LogP contribution in [0, 0.1) is 0 Å². The van der Waals surface area contributed by atoms with Gasteiger partial charge in [0.2, 0.25) is 0 Å². The van der Waals surface area contributed by atoms with Gasteiger partial charge in [0.25, 0.3) is 5.91 Å². The monoisotopic (exact) mass is 256 g/mol. The summed E-state index contributed by atoms with van der Waals surface area (Å²) in [5.74, 6) is 0.625. The number of carbonyl (C=O) groups is 1. The Morgan fingerprint density at radius 1 is 1.69 bits per heavy atom. The van der Waals surface area contributed by atoms with Gasteiger partial charge in [-0.25, -0.2) is 0 Å². The van der Waals surface area contributed by atoms with E-state index in [1.54, 1.807) is 12.0 Å². The zero-order valence-electron chi connectivity index (χ0n) is 9.10. The van der Waals surface area contributed by atoms with Crippen LogP contribution in [0.2, 0.25) is 0 Å². The second-order valence-electron chi connectivity index (χ2n) is 3.14. The number of rotatable bonds is 2. The predicted molar refractivity (Wildman–Crippen MR) is 67.7 cm³/mol. The number of thiophene rings is 1. The van der Waals surface area contributed by atoms with E-state index in [9.17, 15) is 4.79 Å². The smallest absolute Gasteiger partial charge is 0.273 e. The van der Waals surface area contributed by atoms with E-state index in [1.807, 2.05) is 17.7 Å². The lowest BCUT2D eigenvalue weighted by atomic mass is 10.4. The maximum atomic E-state index is 12.2. The van der Waals surface area contributed by atoms with E-state index >= 15 is 0 Å². The molecular formula is C10H12N2O2S2. The summed E-state index contributed by atoms with van der Waals surface area (Å²) in [4.78, 5) is 18.8. The number of thioether (sulfide) groups is 1. The molecule has 16 heavy (non-hydrogen) atoms. The second-order valence-corrected chi connectivity index (χ2v) is 4.83. The van der Waals surface area contributed by atoms with Crippen molar-refractivity contribution < 1.29 is 9.53 Å². The molecule has 0 saturated carbocycles. The minimum absolute atomic E-state index is 0.0162. The third-order valence-electron chi connectivity index (χ3n) is 2.27. The molecule has 1 amide bonds. The molecule has 0 atom stereocenters. The molecule has 2 heterocycles. The molecule has 86 valence electrons. The molecule has 1 aromatic rings. The quantitative estimate of drug-likeness (QED) is 0.812. The molecule has 0 unspecified atom stereocenters. The highest BCUT2D eigenvalue weighted by Gasteiger charge is 2.27. The van der Waals surface area contributed by atoms with E-state index in [0.717, 1.165) is 5.17 Å². The van der Waals surface area contributed by atoms with Gasteiger partial charge in [0.05, 0.1) is 13.7 Å². The molecule has 4 nitrogen and oxygen atoms in total. The van der Waals surface area contributed by atoms with Crippen molar-refractivity contribution in [2.75, 3.05) is 26.5 Å². The number of hydrogen-bond donors (Lipinski definition) is 0. The number of amidine groups is 1. The topological polar surface area (TPSA) is 41.9 Å². The molecule has 0 spiro atoms. The van der Waals surface area contributed by atoms with E-state index in [-0.39, 0.29) is 5.91 Å². The van der Waals surface area contributed by atoms with Gasteiger partial charge in [0.15, 0.2) is 5.17 Å². The molecule has 0 bridgehead atoms. The first-order chi connectivity index (χ1) is 7.77. The maximum absolute atomic E-state index is 12.2. The van der Waals surface area contributed by atoms with Crippen molar-refractivity contribution in [2.45, 2.75) is 0 Å². The number of carbonyl (C=O) groups excluding carboxylic acids is 1. The van der Waals surface area contributed by atoms with Crippen LogP contribution in [0.4, 0.5) is 0 Å². The number of nitrogens with zero attached hydrogens (tertiary/aromatic N) is 2. The van der Waals surface area contributed by atoms with Crippen LogP contribution in [-0.4, -0.2) is 42.4 Å². The first kappa shape index (κ1) is 11.5. The lowest BCUT2D eigenvalue weighted by Crippen LogP contribution is -2.32. The van der Waals surface area contributed by atoms with Crippen molar-refractivity contribution in [1.82, 2.24) is 4.90 Å². The lowest BCUT2D eigenvalue weighted by Gasteiger charge is -2.16. The third kappa shape index (κ3) is 1.94. The molecule has 6 heteroatoms. The largest absolute Gasteiger partial charge is 0.495 e. The standard InChI is InChI=1S/C10H12N2O2S2/c1-14-7-3-6-16-8(7)9(13)12-5-4-11-10(12)15-2/h3,6H,4-5H2,1-2H3. The van der Waals surface area contributed by atoms with Crippen molar-refractivity contribution in [3.63, 3.8) is 0 Å². The fraction of sp³-hybridized carbons (Fsp3) is 0.400. The van der Waals surface area contributed by atoms with Gasteiger partial charge in [-0.1, -0.05) is 11.8 Å². The molecule has 1 aromatic heterocycles. The summed E-state index contributed by atoms with van der Waals surface area (Å²) < 4.78 is 5.15. The molecule has 0 N–H and O–H groups in total. The highest BCUT2D eigenvalue weighted by molar-refractivity contribution is 8.13. The number of methoxy groups -OCH3 is 1. The van der Waals surface area contributed by atoms with Gasteiger partial charge in [-0.2, -0.15) is 0 Å². The highest BCUT2D eigenvalue weighted by Crippen LogP contribution is 2.27. The molecule has 2 rings (SSSR count). The fourth-order valence-corrected chi connectivity index (χ4v) is 2.95. The zero-order valence-corrected chi connectivity index (χ0v) is 10.7. The van der Waals surface area contributed by atoms with Crippen molar-refractivity contribution in [3.8, 4) is 5.75 Å². The highest BCUT2D eigenvalue weighted by atomic mass is 32.2. The Kier molecular flexibility index (Phi) is 3.50. The van der Waals surface area contributed by atoms with Crippen LogP contribution in [0.15, 0.2) is 16.4 Å². The van der Waals surface area contributed by atoms with Crippen LogP contribution in [0.5, 0.6) is 5.75 Å². The molecule has 1 aliphatic heterocycles. The van der Waals surface area contributed by atoms with Crippen LogP contribution in [0.3, 0.4) is 0 Å². The van der Waals surface area contributed by atoms with Crippen molar-refractivity contribution in [3.05, 3.63) is 16.3 Å². The fourth-order valence-electron chi connectivity index (χ4n) is 1.53. The molecule has 1 aliphatic rings. The average molecular weight is 256 g/mol. The van der Waals surface area contributed by atoms with Crippen molar-refractivity contribution in [1.29, 1.82) is 0 Å². The first-order valence-corrected chi connectivity index (χ1v) is 6.90. The summed E-state index contributed by atoms with van der Waals surface area (Å²) in [7, 11) is 1.58. The van der Waals surface area contributed by atoms with E-state index in [1.165, 1.54) is 23.1 Å². The molecule has 0 fully saturated rings. The Bertz CT molecular complexity index is 428. The van der Waals surface area contributed by atoms with Crippen molar-refractivity contribution in [2.24, 2.45) is 4.99 Å². The summed E-state index contributed by atoms with van der Waals surface area (Å²) in [6.45, 7) is 1.35. The summed E-state index contributed by atoms with van der Waals surface area (Å²) in [6, 6.07) is 1.81. The predicted octanol–water partition coefficient (Wildman–Crippen LogP) is 1.93. The summed E-state index contributed by atoms with van der Waals surface area (Å²) in [5.41, 5.74) is 0. The molecule has 0 saturated heterocycles. The van der Waals surface area contributed by atoms with Gasteiger partial charge in [-0.05, 0) is 17.7 Å². The van der Waals surface area contributed by atoms with Crippen LogP contribution in [0.25, 0.3) is 0 Å². The third-order valence-corrected chi connectivity index (χ3v) is 3.87. The first-order valence-electron chi connectivity index (χ1n) is 4.79. The van der Waals surface area contributed by atoms with Crippen LogP contribution >= 0.6 is 23.1 Å². The Balaban J connectivity index is 2.23. The van der Waals surface area contributed by atoms with E-state index in [4.69, 9.17) is 4.74 Å². The number of aliphatic imine (C=N–C) groups is 1. The Hall–Kier alpha value is -1.01. The van der Waals surface area contributed by atoms with Crippen molar-refractivity contribution >= 4 is 34.2 Å². The summed E-state index contributed by atoms with van der Waals surface area (Å²) in [6.07, 6.45) is 1.93. The average Bonchev–Trinajstić information content (AvgIpc) is 2.96. The Morgan fingerprint density at radius 2 is 2.50 bits per heavy atom. The molecule has 0 radical (unpaired) electrons. The Labute approximate surface area is 102 Å². The Morgan fingerprint density at radius 3 is 3.19 bits per heavy atom. The summed E-state index contributed by atoms with van der Waals surface area (Å²) in [5, 5.41) is 2.65. The van der Waals surface area contributed by atoms with Gasteiger partial charge in [0.1, 0.15) is 10.6 Å². The van der Waals surface area contributed by atoms with E-state index < -0.39 is 0 Å². The van der Waals surface area contributed by atoms with Crippen LogP contribution in [0.1, 0.15) is 9.67 Å². The van der Waals surface area contributed by atoms with Gasteiger partial charge in [-0.15, -0.1) is 11.3 Å².